The Hall–Kier alpha value is -2.69. The molecule has 4 nitrogen and oxygen atoms in total. The van der Waals surface area contributed by atoms with Crippen LogP contribution in [0.15, 0.2) is 48.5 Å². The molecule has 0 bridgehead atoms. The normalized spacial score (nSPS) is 10.0. The van der Waals surface area contributed by atoms with Crippen molar-refractivity contribution >= 4 is 11.9 Å². The third-order valence-corrected chi connectivity index (χ3v) is 2.75. The molecule has 21 heavy (non-hydrogen) atoms. The molecule has 5 heteroatoms. The van der Waals surface area contributed by atoms with Gasteiger partial charge in [-0.25, -0.2) is 9.18 Å². The second-order valence-corrected chi connectivity index (χ2v) is 4.48. The second-order valence-electron chi connectivity index (χ2n) is 4.48. The van der Waals surface area contributed by atoms with E-state index in [0.717, 1.165) is 5.56 Å². The minimum Gasteiger partial charge on any atom is -0.425 e. The van der Waals surface area contributed by atoms with Crippen LogP contribution in [0.25, 0.3) is 0 Å². The molecule has 1 amide bonds. The van der Waals surface area contributed by atoms with Gasteiger partial charge in [-0.05, 0) is 43.3 Å². The van der Waals surface area contributed by atoms with E-state index in [0.29, 0.717) is 5.75 Å². The smallest absolute Gasteiger partial charge is 0.330 e. The first kappa shape index (κ1) is 14.7. The maximum atomic E-state index is 12.7. The molecule has 108 valence electrons. The monoisotopic (exact) mass is 287 g/mol. The Morgan fingerprint density at radius 3 is 2.29 bits per heavy atom. The minimum atomic E-state index is -0.575. The van der Waals surface area contributed by atoms with Crippen LogP contribution in [0.1, 0.15) is 15.9 Å². The van der Waals surface area contributed by atoms with Crippen LogP contribution in [0.4, 0.5) is 4.39 Å². The summed E-state index contributed by atoms with van der Waals surface area (Å²) < 4.78 is 17.8. The summed E-state index contributed by atoms with van der Waals surface area (Å²) in [7, 11) is 0. The predicted molar refractivity (Wildman–Crippen MR) is 75.5 cm³/mol. The fourth-order valence-corrected chi connectivity index (χ4v) is 1.63. The van der Waals surface area contributed by atoms with Crippen molar-refractivity contribution in [1.82, 2.24) is 5.32 Å². The summed E-state index contributed by atoms with van der Waals surface area (Å²) in [5, 5.41) is 2.41. The molecule has 0 atom stereocenters. The topological polar surface area (TPSA) is 55.4 Å². The lowest BCUT2D eigenvalue weighted by Gasteiger charge is -2.06. The Balaban J connectivity index is 1.84. The third kappa shape index (κ3) is 4.42. The number of ether oxygens (including phenoxy) is 1. The van der Waals surface area contributed by atoms with E-state index in [4.69, 9.17) is 4.74 Å². The van der Waals surface area contributed by atoms with Gasteiger partial charge in [-0.1, -0.05) is 17.7 Å². The van der Waals surface area contributed by atoms with E-state index >= 15 is 0 Å². The number of hydrogen-bond donors (Lipinski definition) is 1. The number of aryl methyl sites for hydroxylation is 1. The summed E-state index contributed by atoms with van der Waals surface area (Å²) in [5.74, 6) is -1.04. The first-order valence-electron chi connectivity index (χ1n) is 6.36. The summed E-state index contributed by atoms with van der Waals surface area (Å²) in [6.07, 6.45) is 0. The zero-order valence-corrected chi connectivity index (χ0v) is 11.4. The van der Waals surface area contributed by atoms with Crippen LogP contribution in [-0.2, 0) is 4.79 Å². The third-order valence-electron chi connectivity index (χ3n) is 2.75. The maximum Gasteiger partial charge on any atom is 0.330 e. The Morgan fingerprint density at radius 1 is 1.05 bits per heavy atom. The van der Waals surface area contributed by atoms with Crippen molar-refractivity contribution in [3.8, 4) is 5.75 Å². The zero-order valence-electron chi connectivity index (χ0n) is 11.4. The Bertz CT molecular complexity index is 636. The van der Waals surface area contributed by atoms with Crippen LogP contribution in [0.2, 0.25) is 0 Å². The molecular formula is C16H14FNO3. The van der Waals surface area contributed by atoms with Crippen molar-refractivity contribution < 1.29 is 18.7 Å². The van der Waals surface area contributed by atoms with Gasteiger partial charge >= 0.3 is 5.97 Å². The van der Waals surface area contributed by atoms with E-state index in [2.05, 4.69) is 5.32 Å². The van der Waals surface area contributed by atoms with Gasteiger partial charge in [0.25, 0.3) is 5.91 Å². The summed E-state index contributed by atoms with van der Waals surface area (Å²) in [6, 6.07) is 12.0. The number of carbonyl (C=O) groups is 2. The summed E-state index contributed by atoms with van der Waals surface area (Å²) in [6.45, 7) is 1.67. The van der Waals surface area contributed by atoms with Crippen LogP contribution < -0.4 is 10.1 Å². The first-order chi connectivity index (χ1) is 10.0. The Labute approximate surface area is 121 Å². The van der Waals surface area contributed by atoms with Crippen molar-refractivity contribution in [2.75, 3.05) is 6.54 Å². The van der Waals surface area contributed by atoms with Crippen molar-refractivity contribution in [3.63, 3.8) is 0 Å². The summed E-state index contributed by atoms with van der Waals surface area (Å²) in [4.78, 5) is 23.3. The van der Waals surface area contributed by atoms with Gasteiger partial charge in [0.15, 0.2) is 0 Å². The van der Waals surface area contributed by atoms with E-state index < -0.39 is 17.7 Å². The lowest BCUT2D eigenvalue weighted by Crippen LogP contribution is -2.31. The fourth-order valence-electron chi connectivity index (χ4n) is 1.63. The molecule has 2 rings (SSSR count). The highest BCUT2D eigenvalue weighted by atomic mass is 19.1. The molecule has 1 N–H and O–H groups in total. The van der Waals surface area contributed by atoms with Crippen molar-refractivity contribution in [3.05, 3.63) is 65.5 Å². The number of esters is 1. The van der Waals surface area contributed by atoms with Crippen LogP contribution in [0.5, 0.6) is 5.75 Å². The highest BCUT2D eigenvalue weighted by Crippen LogP contribution is 2.11. The maximum absolute atomic E-state index is 12.7. The number of halogens is 1. The standard InChI is InChI=1S/C16H14FNO3/c1-11-2-8-14(9-3-11)21-15(19)10-18-16(20)12-4-6-13(17)7-5-12/h2-9H,10H2,1H3,(H,18,20). The number of hydrogen-bond acceptors (Lipinski definition) is 3. The van der Waals surface area contributed by atoms with Crippen molar-refractivity contribution in [2.24, 2.45) is 0 Å². The molecule has 0 spiro atoms. The van der Waals surface area contributed by atoms with E-state index in [1.54, 1.807) is 12.1 Å². The summed E-state index contributed by atoms with van der Waals surface area (Å²) in [5.41, 5.74) is 1.33. The SMILES string of the molecule is Cc1ccc(OC(=O)CNC(=O)c2ccc(F)cc2)cc1. The zero-order chi connectivity index (χ0) is 15.2. The molecule has 0 aliphatic heterocycles. The predicted octanol–water partition coefficient (Wildman–Crippen LogP) is 2.47. The molecule has 0 unspecified atom stereocenters. The molecule has 0 radical (unpaired) electrons. The average molecular weight is 287 g/mol. The van der Waals surface area contributed by atoms with Gasteiger partial charge in [0.2, 0.25) is 0 Å². The number of carbonyl (C=O) groups excluding carboxylic acids is 2. The number of nitrogens with one attached hydrogen (secondary N) is 1. The molecular weight excluding hydrogens is 273 g/mol. The van der Waals surface area contributed by atoms with Crippen molar-refractivity contribution in [1.29, 1.82) is 0 Å². The summed E-state index contributed by atoms with van der Waals surface area (Å²) >= 11 is 0. The first-order valence-corrected chi connectivity index (χ1v) is 6.36. The van der Waals surface area contributed by atoms with Crippen LogP contribution in [-0.4, -0.2) is 18.4 Å². The molecule has 2 aromatic carbocycles. The van der Waals surface area contributed by atoms with Crippen molar-refractivity contribution in [2.45, 2.75) is 6.92 Å². The molecule has 0 heterocycles. The van der Waals surface area contributed by atoms with Crippen LogP contribution in [0.3, 0.4) is 0 Å². The second kappa shape index (κ2) is 6.65. The van der Waals surface area contributed by atoms with E-state index in [1.165, 1.54) is 24.3 Å². The number of rotatable bonds is 4. The van der Waals surface area contributed by atoms with E-state index in [1.807, 2.05) is 19.1 Å². The fraction of sp³-hybridized carbons (Fsp3) is 0.125. The molecule has 0 saturated carbocycles. The van der Waals surface area contributed by atoms with Gasteiger partial charge in [0.05, 0.1) is 0 Å². The largest absolute Gasteiger partial charge is 0.425 e. The van der Waals surface area contributed by atoms with E-state index in [9.17, 15) is 14.0 Å². The van der Waals surface area contributed by atoms with Gasteiger partial charge in [0.1, 0.15) is 18.1 Å². The Morgan fingerprint density at radius 2 is 1.67 bits per heavy atom. The molecule has 0 aliphatic rings. The highest BCUT2D eigenvalue weighted by Gasteiger charge is 2.09. The van der Waals surface area contributed by atoms with Crippen LogP contribution >= 0.6 is 0 Å². The molecule has 0 fully saturated rings. The molecule has 2 aromatic rings. The lowest BCUT2D eigenvalue weighted by molar-refractivity contribution is -0.133. The number of amides is 1. The van der Waals surface area contributed by atoms with Gasteiger partial charge in [-0.2, -0.15) is 0 Å². The van der Waals surface area contributed by atoms with E-state index in [-0.39, 0.29) is 12.1 Å². The van der Waals surface area contributed by atoms with Gasteiger partial charge in [0, 0.05) is 5.56 Å². The quantitative estimate of drug-likeness (QED) is 0.694. The Kier molecular flexibility index (Phi) is 4.66. The van der Waals surface area contributed by atoms with Crippen LogP contribution in [0, 0.1) is 12.7 Å². The lowest BCUT2D eigenvalue weighted by atomic mass is 10.2. The minimum absolute atomic E-state index is 0.260. The molecule has 0 aliphatic carbocycles. The van der Waals surface area contributed by atoms with Gasteiger partial charge in [-0.3, -0.25) is 4.79 Å². The average Bonchev–Trinajstić information content (AvgIpc) is 2.48. The molecule has 0 saturated heterocycles. The number of benzene rings is 2. The van der Waals surface area contributed by atoms with Gasteiger partial charge < -0.3 is 10.1 Å². The molecule has 0 aromatic heterocycles. The highest BCUT2D eigenvalue weighted by molar-refractivity contribution is 5.96. The van der Waals surface area contributed by atoms with Gasteiger partial charge in [-0.15, -0.1) is 0 Å².